The number of nitrogens with two attached hydrogens (primary N) is 1. The highest BCUT2D eigenvalue weighted by molar-refractivity contribution is 5.83. The SMILES string of the molecule is N#Cc1cc(Cn2ccc3cc(N)ccc32)ccc1F. The average Bonchev–Trinajstić information content (AvgIpc) is 2.83. The molecule has 0 aliphatic carbocycles. The van der Waals surface area contributed by atoms with Gasteiger partial charge >= 0.3 is 0 Å². The van der Waals surface area contributed by atoms with Crippen molar-refractivity contribution >= 4 is 16.6 Å². The Labute approximate surface area is 115 Å². The second kappa shape index (κ2) is 4.71. The number of halogens is 1. The second-order valence-corrected chi connectivity index (χ2v) is 4.69. The fraction of sp³-hybridized carbons (Fsp3) is 0.0625. The van der Waals surface area contributed by atoms with Crippen LogP contribution in [-0.2, 0) is 6.54 Å². The van der Waals surface area contributed by atoms with Crippen LogP contribution in [0.25, 0.3) is 10.9 Å². The third-order valence-electron chi connectivity index (χ3n) is 3.30. The van der Waals surface area contributed by atoms with E-state index in [0.717, 1.165) is 22.2 Å². The Balaban J connectivity index is 1.99. The zero-order chi connectivity index (χ0) is 14.1. The molecule has 0 saturated heterocycles. The standard InChI is InChI=1S/C16H12FN3/c17-15-3-1-11(7-13(15)9-18)10-20-6-5-12-8-14(19)2-4-16(12)20/h1-8H,10,19H2. The number of anilines is 1. The third kappa shape index (κ3) is 2.10. The molecule has 0 aliphatic heterocycles. The van der Waals surface area contributed by atoms with Crippen molar-refractivity contribution in [1.82, 2.24) is 4.57 Å². The minimum atomic E-state index is -0.485. The summed E-state index contributed by atoms with van der Waals surface area (Å²) in [6, 6.07) is 14.2. The van der Waals surface area contributed by atoms with E-state index in [-0.39, 0.29) is 5.56 Å². The van der Waals surface area contributed by atoms with Gasteiger partial charge in [-0.15, -0.1) is 0 Å². The maximum atomic E-state index is 13.3. The Hall–Kier alpha value is -2.80. The number of benzene rings is 2. The van der Waals surface area contributed by atoms with Crippen molar-refractivity contribution in [3.63, 3.8) is 0 Å². The molecule has 98 valence electrons. The van der Waals surface area contributed by atoms with Crippen LogP contribution in [0.1, 0.15) is 11.1 Å². The van der Waals surface area contributed by atoms with E-state index < -0.39 is 5.82 Å². The molecule has 2 N–H and O–H groups in total. The van der Waals surface area contributed by atoms with Gasteiger partial charge in [-0.05, 0) is 42.0 Å². The van der Waals surface area contributed by atoms with Gasteiger partial charge in [0.25, 0.3) is 0 Å². The molecule has 3 rings (SSSR count). The Kier molecular flexibility index (Phi) is 2.88. The highest BCUT2D eigenvalue weighted by Gasteiger charge is 2.05. The summed E-state index contributed by atoms with van der Waals surface area (Å²) in [6.45, 7) is 0.586. The van der Waals surface area contributed by atoms with Gasteiger partial charge in [-0.25, -0.2) is 4.39 Å². The molecule has 0 bridgehead atoms. The van der Waals surface area contributed by atoms with Crippen molar-refractivity contribution in [1.29, 1.82) is 5.26 Å². The Morgan fingerprint density at radius 3 is 2.80 bits per heavy atom. The number of nitriles is 1. The molecule has 1 heterocycles. The van der Waals surface area contributed by atoms with E-state index in [0.29, 0.717) is 6.54 Å². The Morgan fingerprint density at radius 2 is 2.00 bits per heavy atom. The van der Waals surface area contributed by atoms with E-state index in [4.69, 9.17) is 11.0 Å². The minimum Gasteiger partial charge on any atom is -0.399 e. The fourth-order valence-electron chi connectivity index (χ4n) is 2.31. The highest BCUT2D eigenvalue weighted by atomic mass is 19.1. The molecule has 20 heavy (non-hydrogen) atoms. The monoisotopic (exact) mass is 265 g/mol. The van der Waals surface area contributed by atoms with Gasteiger partial charge in [0.05, 0.1) is 5.56 Å². The molecule has 0 spiro atoms. The molecule has 3 nitrogen and oxygen atoms in total. The summed E-state index contributed by atoms with van der Waals surface area (Å²) in [4.78, 5) is 0. The summed E-state index contributed by atoms with van der Waals surface area (Å²) in [5.74, 6) is -0.485. The molecule has 0 saturated carbocycles. The molecular weight excluding hydrogens is 253 g/mol. The van der Waals surface area contributed by atoms with Gasteiger partial charge in [-0.2, -0.15) is 5.26 Å². The summed E-state index contributed by atoms with van der Waals surface area (Å²) >= 11 is 0. The quantitative estimate of drug-likeness (QED) is 0.723. The van der Waals surface area contributed by atoms with Crippen molar-refractivity contribution in [3.8, 4) is 6.07 Å². The molecule has 4 heteroatoms. The molecule has 0 radical (unpaired) electrons. The zero-order valence-electron chi connectivity index (χ0n) is 10.7. The lowest BCUT2D eigenvalue weighted by molar-refractivity contribution is 0.622. The van der Waals surface area contributed by atoms with Crippen molar-refractivity contribution in [2.45, 2.75) is 6.54 Å². The summed E-state index contributed by atoms with van der Waals surface area (Å²) in [7, 11) is 0. The molecule has 0 amide bonds. The van der Waals surface area contributed by atoms with Crippen LogP contribution in [0.3, 0.4) is 0 Å². The smallest absolute Gasteiger partial charge is 0.140 e. The van der Waals surface area contributed by atoms with Gasteiger partial charge in [0.2, 0.25) is 0 Å². The van der Waals surface area contributed by atoms with Crippen LogP contribution in [0.5, 0.6) is 0 Å². The van der Waals surface area contributed by atoms with E-state index in [1.54, 1.807) is 12.1 Å². The lowest BCUT2D eigenvalue weighted by Gasteiger charge is -2.07. The maximum Gasteiger partial charge on any atom is 0.140 e. The molecule has 0 fully saturated rings. The maximum absolute atomic E-state index is 13.3. The van der Waals surface area contributed by atoms with E-state index in [2.05, 4.69) is 0 Å². The van der Waals surface area contributed by atoms with E-state index in [1.165, 1.54) is 6.07 Å². The first-order valence-electron chi connectivity index (χ1n) is 6.20. The minimum absolute atomic E-state index is 0.0724. The number of hydrogen-bond acceptors (Lipinski definition) is 2. The first kappa shape index (κ1) is 12.2. The van der Waals surface area contributed by atoms with E-state index >= 15 is 0 Å². The fourth-order valence-corrected chi connectivity index (χ4v) is 2.31. The Morgan fingerprint density at radius 1 is 1.15 bits per heavy atom. The third-order valence-corrected chi connectivity index (χ3v) is 3.30. The highest BCUT2D eigenvalue weighted by Crippen LogP contribution is 2.20. The lowest BCUT2D eigenvalue weighted by Crippen LogP contribution is -1.99. The van der Waals surface area contributed by atoms with Crippen molar-refractivity contribution < 1.29 is 4.39 Å². The molecule has 0 atom stereocenters. The summed E-state index contributed by atoms with van der Waals surface area (Å²) in [5.41, 5.74) is 8.50. The van der Waals surface area contributed by atoms with E-state index in [9.17, 15) is 4.39 Å². The summed E-state index contributed by atoms with van der Waals surface area (Å²) < 4.78 is 15.3. The summed E-state index contributed by atoms with van der Waals surface area (Å²) in [5, 5.41) is 9.92. The number of rotatable bonds is 2. The van der Waals surface area contributed by atoms with Crippen LogP contribution in [0.15, 0.2) is 48.7 Å². The van der Waals surface area contributed by atoms with Crippen LogP contribution in [0.2, 0.25) is 0 Å². The van der Waals surface area contributed by atoms with Crippen molar-refractivity contribution in [2.24, 2.45) is 0 Å². The van der Waals surface area contributed by atoms with Crippen molar-refractivity contribution in [2.75, 3.05) is 5.73 Å². The number of nitrogen functional groups attached to an aromatic ring is 1. The number of fused-ring (bicyclic) bond motifs is 1. The first-order valence-corrected chi connectivity index (χ1v) is 6.20. The molecule has 2 aromatic carbocycles. The lowest BCUT2D eigenvalue weighted by atomic mass is 10.1. The van der Waals surface area contributed by atoms with E-state index in [1.807, 2.05) is 41.1 Å². The topological polar surface area (TPSA) is 54.7 Å². The zero-order valence-corrected chi connectivity index (χ0v) is 10.7. The molecule has 1 aromatic heterocycles. The number of nitrogens with zero attached hydrogens (tertiary/aromatic N) is 2. The molecule has 3 aromatic rings. The van der Waals surface area contributed by atoms with Crippen LogP contribution in [-0.4, -0.2) is 4.57 Å². The van der Waals surface area contributed by atoms with Gasteiger partial charge in [-0.1, -0.05) is 6.07 Å². The predicted octanol–water partition coefficient (Wildman–Crippen LogP) is 3.28. The second-order valence-electron chi connectivity index (χ2n) is 4.69. The Bertz CT molecular complexity index is 827. The first-order chi connectivity index (χ1) is 9.67. The van der Waals surface area contributed by atoms with Gasteiger partial charge in [-0.3, -0.25) is 0 Å². The van der Waals surface area contributed by atoms with Crippen molar-refractivity contribution in [3.05, 3.63) is 65.6 Å². The predicted molar refractivity (Wildman–Crippen MR) is 76.6 cm³/mol. The van der Waals surface area contributed by atoms with Gasteiger partial charge in [0, 0.05) is 29.3 Å². The molecular formula is C16H12FN3. The normalized spacial score (nSPS) is 10.6. The van der Waals surface area contributed by atoms with Crippen LogP contribution >= 0.6 is 0 Å². The van der Waals surface area contributed by atoms with Gasteiger partial charge in [0.15, 0.2) is 0 Å². The van der Waals surface area contributed by atoms with Gasteiger partial charge < -0.3 is 10.3 Å². The van der Waals surface area contributed by atoms with Crippen LogP contribution < -0.4 is 5.73 Å². The van der Waals surface area contributed by atoms with Crippen LogP contribution in [0, 0.1) is 17.1 Å². The number of hydrogen-bond donors (Lipinski definition) is 1. The molecule has 0 unspecified atom stereocenters. The summed E-state index contributed by atoms with van der Waals surface area (Å²) in [6.07, 6.45) is 1.96. The molecule has 0 aliphatic rings. The van der Waals surface area contributed by atoms with Crippen LogP contribution in [0.4, 0.5) is 10.1 Å². The van der Waals surface area contributed by atoms with Gasteiger partial charge in [0.1, 0.15) is 11.9 Å². The average molecular weight is 265 g/mol. The largest absolute Gasteiger partial charge is 0.399 e. The number of aromatic nitrogens is 1.